The van der Waals surface area contributed by atoms with E-state index in [0.29, 0.717) is 24.6 Å². The van der Waals surface area contributed by atoms with Crippen molar-refractivity contribution in [1.29, 1.82) is 0 Å². The second kappa shape index (κ2) is 8.57. The summed E-state index contributed by atoms with van der Waals surface area (Å²) in [6.07, 6.45) is 0.398. The Hall–Kier alpha value is -1.84. The van der Waals surface area contributed by atoms with Crippen molar-refractivity contribution in [3.63, 3.8) is 0 Å². The fourth-order valence-corrected chi connectivity index (χ4v) is 2.48. The van der Waals surface area contributed by atoms with E-state index in [2.05, 4.69) is 5.32 Å². The molecule has 0 aliphatic rings. The van der Waals surface area contributed by atoms with Crippen molar-refractivity contribution in [1.82, 2.24) is 5.32 Å². The van der Waals surface area contributed by atoms with Gasteiger partial charge < -0.3 is 10.1 Å². The number of nitrogens with one attached hydrogen (secondary N) is 1. The number of rotatable bonds is 7. The third kappa shape index (κ3) is 4.86. The Bertz CT molecular complexity index is 584. The molecule has 0 aliphatic carbocycles. The molecule has 22 heavy (non-hydrogen) atoms. The lowest BCUT2D eigenvalue weighted by Gasteiger charge is -2.18. The summed E-state index contributed by atoms with van der Waals surface area (Å²) in [4.78, 5) is 12.1. The number of hydrogen-bond acceptors (Lipinski definition) is 2. The maximum atomic E-state index is 12.1. The highest BCUT2D eigenvalue weighted by atomic mass is 35.5. The summed E-state index contributed by atoms with van der Waals surface area (Å²) in [5.74, 6) is 0.0295. The van der Waals surface area contributed by atoms with Crippen LogP contribution in [0.3, 0.4) is 0 Å². The third-order valence-electron chi connectivity index (χ3n) is 3.49. The highest BCUT2D eigenvalue weighted by Gasteiger charge is 2.17. The highest BCUT2D eigenvalue weighted by Crippen LogP contribution is 2.28. The first kappa shape index (κ1) is 16.5. The molecular weight excluding hydrogens is 298 g/mol. The summed E-state index contributed by atoms with van der Waals surface area (Å²) in [6, 6.07) is 17.7. The van der Waals surface area contributed by atoms with E-state index in [0.717, 1.165) is 11.1 Å². The van der Waals surface area contributed by atoms with Crippen LogP contribution >= 0.6 is 11.6 Å². The molecule has 0 heterocycles. The highest BCUT2D eigenvalue weighted by molar-refractivity contribution is 6.30. The summed E-state index contributed by atoms with van der Waals surface area (Å²) in [5, 5.41) is 3.57. The van der Waals surface area contributed by atoms with Crippen LogP contribution in [0.2, 0.25) is 5.02 Å². The van der Waals surface area contributed by atoms with Gasteiger partial charge in [-0.15, -0.1) is 0 Å². The molecule has 0 spiro atoms. The van der Waals surface area contributed by atoms with E-state index in [1.807, 2.05) is 54.6 Å². The Morgan fingerprint density at radius 1 is 1.09 bits per heavy atom. The monoisotopic (exact) mass is 317 g/mol. The van der Waals surface area contributed by atoms with Gasteiger partial charge in [0.05, 0.1) is 6.61 Å². The molecule has 0 bridgehead atoms. The van der Waals surface area contributed by atoms with Crippen LogP contribution in [0.5, 0.6) is 0 Å². The fraction of sp³-hybridized carbons (Fsp3) is 0.278. The van der Waals surface area contributed by atoms with Gasteiger partial charge in [0.2, 0.25) is 5.91 Å². The first-order valence-electron chi connectivity index (χ1n) is 7.26. The van der Waals surface area contributed by atoms with Crippen molar-refractivity contribution in [3.8, 4) is 0 Å². The Balaban J connectivity index is 2.15. The molecule has 2 rings (SSSR count). The quantitative estimate of drug-likeness (QED) is 0.792. The number of halogens is 1. The molecule has 0 unspecified atom stereocenters. The van der Waals surface area contributed by atoms with Crippen LogP contribution in [0.4, 0.5) is 0 Å². The lowest BCUT2D eigenvalue weighted by Crippen LogP contribution is -2.28. The molecule has 0 saturated carbocycles. The molecule has 2 aromatic rings. The van der Waals surface area contributed by atoms with E-state index >= 15 is 0 Å². The van der Waals surface area contributed by atoms with E-state index in [-0.39, 0.29) is 11.8 Å². The van der Waals surface area contributed by atoms with Gasteiger partial charge in [0.15, 0.2) is 0 Å². The first-order valence-corrected chi connectivity index (χ1v) is 7.64. The number of amides is 1. The third-order valence-corrected chi connectivity index (χ3v) is 3.74. The predicted octanol–water partition coefficient (Wildman–Crippen LogP) is 3.62. The van der Waals surface area contributed by atoms with Gasteiger partial charge in [-0.3, -0.25) is 4.79 Å². The molecule has 0 radical (unpaired) electrons. The van der Waals surface area contributed by atoms with Crippen LogP contribution < -0.4 is 5.32 Å². The Labute approximate surface area is 136 Å². The van der Waals surface area contributed by atoms with Crippen molar-refractivity contribution in [2.24, 2.45) is 0 Å². The largest absolute Gasteiger partial charge is 0.383 e. The summed E-state index contributed by atoms with van der Waals surface area (Å²) in [7, 11) is 1.62. The topological polar surface area (TPSA) is 38.3 Å². The Morgan fingerprint density at radius 3 is 2.36 bits per heavy atom. The molecule has 3 nitrogen and oxygen atoms in total. The van der Waals surface area contributed by atoms with Crippen LogP contribution in [0.25, 0.3) is 0 Å². The minimum absolute atomic E-state index is 0.0147. The van der Waals surface area contributed by atoms with Gasteiger partial charge in [0.1, 0.15) is 0 Å². The predicted molar refractivity (Wildman–Crippen MR) is 89.2 cm³/mol. The molecule has 1 N–H and O–H groups in total. The second-order valence-electron chi connectivity index (χ2n) is 5.06. The van der Waals surface area contributed by atoms with Crippen molar-refractivity contribution in [2.45, 2.75) is 12.3 Å². The second-order valence-corrected chi connectivity index (χ2v) is 5.50. The molecule has 0 fully saturated rings. The van der Waals surface area contributed by atoms with Gasteiger partial charge in [-0.1, -0.05) is 54.1 Å². The average molecular weight is 318 g/mol. The Kier molecular flexibility index (Phi) is 6.44. The van der Waals surface area contributed by atoms with Crippen LogP contribution in [-0.2, 0) is 9.53 Å². The van der Waals surface area contributed by atoms with Crippen molar-refractivity contribution >= 4 is 17.5 Å². The van der Waals surface area contributed by atoms with Gasteiger partial charge in [-0.25, -0.2) is 0 Å². The van der Waals surface area contributed by atoms with E-state index in [1.54, 1.807) is 7.11 Å². The van der Waals surface area contributed by atoms with E-state index in [9.17, 15) is 4.79 Å². The zero-order chi connectivity index (χ0) is 15.8. The van der Waals surface area contributed by atoms with E-state index in [1.165, 1.54) is 0 Å². The molecule has 116 valence electrons. The van der Waals surface area contributed by atoms with Gasteiger partial charge in [0, 0.05) is 31.0 Å². The standard InChI is InChI=1S/C18H20ClNO2/c1-22-12-11-20-18(21)13-17(14-5-3-2-4-6-14)15-7-9-16(19)10-8-15/h2-10,17H,11-13H2,1H3,(H,20,21)/t17-/m1/s1. The normalized spacial score (nSPS) is 11.9. The van der Waals surface area contributed by atoms with Gasteiger partial charge >= 0.3 is 0 Å². The number of hydrogen-bond donors (Lipinski definition) is 1. The molecule has 0 aromatic heterocycles. The lowest BCUT2D eigenvalue weighted by atomic mass is 9.88. The van der Waals surface area contributed by atoms with Gasteiger partial charge in [-0.05, 0) is 23.3 Å². The molecule has 2 aromatic carbocycles. The lowest BCUT2D eigenvalue weighted by molar-refractivity contribution is -0.121. The summed E-state index contributed by atoms with van der Waals surface area (Å²) >= 11 is 5.96. The van der Waals surface area contributed by atoms with Crippen LogP contribution in [0.1, 0.15) is 23.5 Å². The fourth-order valence-electron chi connectivity index (χ4n) is 2.36. The number of carbonyl (C=O) groups excluding carboxylic acids is 1. The van der Waals surface area contributed by atoms with Crippen molar-refractivity contribution in [2.75, 3.05) is 20.3 Å². The van der Waals surface area contributed by atoms with Crippen LogP contribution in [-0.4, -0.2) is 26.2 Å². The van der Waals surface area contributed by atoms with Crippen molar-refractivity contribution in [3.05, 3.63) is 70.7 Å². The zero-order valence-corrected chi connectivity index (χ0v) is 13.3. The molecule has 0 aliphatic heterocycles. The first-order chi connectivity index (χ1) is 10.7. The molecule has 4 heteroatoms. The number of methoxy groups -OCH3 is 1. The van der Waals surface area contributed by atoms with Crippen LogP contribution in [0.15, 0.2) is 54.6 Å². The minimum atomic E-state index is 0.0147. The maximum Gasteiger partial charge on any atom is 0.221 e. The summed E-state index contributed by atoms with van der Waals surface area (Å²) in [5.41, 5.74) is 2.20. The number of benzene rings is 2. The van der Waals surface area contributed by atoms with Gasteiger partial charge in [-0.2, -0.15) is 0 Å². The van der Waals surface area contributed by atoms with E-state index < -0.39 is 0 Å². The molecule has 0 saturated heterocycles. The molecule has 1 amide bonds. The average Bonchev–Trinajstić information content (AvgIpc) is 2.55. The molecular formula is C18H20ClNO2. The number of ether oxygens (including phenoxy) is 1. The number of carbonyl (C=O) groups is 1. The summed E-state index contributed by atoms with van der Waals surface area (Å²) in [6.45, 7) is 1.04. The zero-order valence-electron chi connectivity index (χ0n) is 12.6. The van der Waals surface area contributed by atoms with Gasteiger partial charge in [0.25, 0.3) is 0 Å². The minimum Gasteiger partial charge on any atom is -0.383 e. The maximum absolute atomic E-state index is 12.1. The summed E-state index contributed by atoms with van der Waals surface area (Å²) < 4.78 is 4.95. The Morgan fingerprint density at radius 2 is 1.73 bits per heavy atom. The van der Waals surface area contributed by atoms with E-state index in [4.69, 9.17) is 16.3 Å². The van der Waals surface area contributed by atoms with Crippen LogP contribution in [0, 0.1) is 0 Å². The van der Waals surface area contributed by atoms with Crippen molar-refractivity contribution < 1.29 is 9.53 Å². The SMILES string of the molecule is COCCNC(=O)C[C@H](c1ccccc1)c1ccc(Cl)cc1. The molecule has 1 atom stereocenters. The smallest absolute Gasteiger partial charge is 0.221 e.